The maximum atomic E-state index is 5.64. The van der Waals surface area contributed by atoms with Gasteiger partial charge in [0.25, 0.3) is 0 Å². The summed E-state index contributed by atoms with van der Waals surface area (Å²) in [5, 5.41) is 0. The number of para-hydroxylation sites is 4. The Balaban J connectivity index is 1.08. The van der Waals surface area contributed by atoms with Gasteiger partial charge in [-0.05, 0) is 78.4 Å². The molecule has 0 aliphatic carbocycles. The monoisotopic (exact) mass is 829 g/mol. The number of rotatable bonds is 6. The minimum Gasteiger partial charge on any atom is -0.308 e. The molecule has 0 atom stereocenters. The summed E-state index contributed by atoms with van der Waals surface area (Å²) in [6.45, 7) is 0. The van der Waals surface area contributed by atoms with Gasteiger partial charge in [0.1, 0.15) is 11.0 Å². The molecule has 8 aromatic carbocycles. The van der Waals surface area contributed by atoms with Gasteiger partial charge in [-0.15, -0.1) is 0 Å². The Morgan fingerprint density at radius 3 is 1.19 bits per heavy atom. The van der Waals surface area contributed by atoms with Crippen LogP contribution in [0.15, 0.2) is 232 Å². The predicted octanol–water partition coefficient (Wildman–Crippen LogP) is 15.6. The molecule has 10 aromatic rings. The first-order chi connectivity index (χ1) is 30.7. The molecule has 0 saturated heterocycles. The molecule has 62 heavy (non-hydrogen) atoms. The third kappa shape index (κ3) is 6.24. The topological polar surface area (TPSA) is 45.2 Å². The highest BCUT2D eigenvalue weighted by Crippen LogP contribution is 2.53. The molecular weight excluding hydrogens is 795 g/mol. The van der Waals surface area contributed by atoms with Gasteiger partial charge in [0.2, 0.25) is 0 Å². The first-order valence-electron chi connectivity index (χ1n) is 20.6. The fraction of sp³-hybridized carbons (Fsp3) is 0. The van der Waals surface area contributed by atoms with E-state index < -0.39 is 0 Å². The van der Waals surface area contributed by atoms with E-state index in [1.807, 2.05) is 41.9 Å². The normalized spacial score (nSPS) is 12.6. The Morgan fingerprint density at radius 2 is 0.710 bits per heavy atom. The molecule has 2 aromatic heterocycles. The third-order valence-corrected chi connectivity index (χ3v) is 13.7. The highest BCUT2D eigenvalue weighted by atomic mass is 32.2. The Kier molecular flexibility index (Phi) is 8.94. The van der Waals surface area contributed by atoms with Gasteiger partial charge >= 0.3 is 0 Å². The lowest BCUT2D eigenvalue weighted by molar-refractivity contribution is 1.16. The molecule has 0 bridgehead atoms. The lowest BCUT2D eigenvalue weighted by Crippen LogP contribution is -2.14. The van der Waals surface area contributed by atoms with E-state index in [0.717, 1.165) is 90.1 Å². The molecular formula is C55H35N5S2. The Hall–Kier alpha value is -7.45. The second-order valence-electron chi connectivity index (χ2n) is 15.2. The van der Waals surface area contributed by atoms with Crippen molar-refractivity contribution >= 4 is 68.7 Å². The van der Waals surface area contributed by atoms with Crippen molar-refractivity contribution in [3.8, 4) is 44.9 Å². The molecule has 2 aliphatic heterocycles. The molecule has 0 saturated carbocycles. The van der Waals surface area contributed by atoms with Crippen LogP contribution in [0.2, 0.25) is 0 Å². The fourth-order valence-electron chi connectivity index (χ4n) is 8.63. The van der Waals surface area contributed by atoms with Crippen molar-refractivity contribution < 1.29 is 0 Å². The summed E-state index contributed by atoms with van der Waals surface area (Å²) in [5.41, 5.74) is 15.5. The lowest BCUT2D eigenvalue weighted by Gasteiger charge is -2.33. The summed E-state index contributed by atoms with van der Waals surface area (Å²) < 4.78 is 0. The highest BCUT2D eigenvalue weighted by molar-refractivity contribution is 8.00. The average Bonchev–Trinajstić information content (AvgIpc) is 3.34. The summed E-state index contributed by atoms with van der Waals surface area (Å²) in [6, 6.07) is 72.7. The highest BCUT2D eigenvalue weighted by Gasteiger charge is 2.27. The molecule has 0 unspecified atom stereocenters. The van der Waals surface area contributed by atoms with E-state index in [4.69, 9.17) is 15.0 Å². The smallest absolute Gasteiger partial charge is 0.116 e. The van der Waals surface area contributed by atoms with Crippen molar-refractivity contribution in [1.82, 2.24) is 15.0 Å². The Labute approximate surface area is 368 Å². The van der Waals surface area contributed by atoms with Crippen LogP contribution in [0, 0.1) is 0 Å². The largest absolute Gasteiger partial charge is 0.308 e. The zero-order valence-corrected chi connectivity index (χ0v) is 34.9. The number of anilines is 6. The molecule has 0 N–H and O–H groups in total. The van der Waals surface area contributed by atoms with Crippen molar-refractivity contribution in [3.63, 3.8) is 0 Å². The van der Waals surface area contributed by atoms with Crippen LogP contribution in [0.1, 0.15) is 0 Å². The van der Waals surface area contributed by atoms with Crippen LogP contribution in [0.5, 0.6) is 0 Å². The van der Waals surface area contributed by atoms with E-state index in [1.165, 1.54) is 19.6 Å². The van der Waals surface area contributed by atoms with E-state index in [9.17, 15) is 0 Å². The zero-order chi connectivity index (χ0) is 41.0. The quantitative estimate of drug-likeness (QED) is 0.165. The van der Waals surface area contributed by atoms with Crippen LogP contribution in [0.4, 0.5) is 34.1 Å². The molecule has 292 valence electrons. The molecule has 0 fully saturated rings. The average molecular weight is 830 g/mol. The number of pyridine rings is 1. The first kappa shape index (κ1) is 36.4. The number of nitrogens with zero attached hydrogens (tertiary/aromatic N) is 5. The molecule has 0 amide bonds. The molecule has 4 heterocycles. The summed E-state index contributed by atoms with van der Waals surface area (Å²) >= 11 is 3.62. The van der Waals surface area contributed by atoms with E-state index >= 15 is 0 Å². The number of fused-ring (bicyclic) bond motifs is 5. The van der Waals surface area contributed by atoms with Crippen LogP contribution in [-0.4, -0.2) is 15.0 Å². The van der Waals surface area contributed by atoms with Crippen molar-refractivity contribution in [1.29, 1.82) is 0 Å². The van der Waals surface area contributed by atoms with E-state index in [1.54, 1.807) is 0 Å². The van der Waals surface area contributed by atoms with Crippen LogP contribution in [0.25, 0.3) is 55.9 Å². The number of aromatic nitrogens is 3. The molecule has 7 heteroatoms. The first-order valence-corrected chi connectivity index (χ1v) is 22.2. The van der Waals surface area contributed by atoms with Gasteiger partial charge in [0, 0.05) is 59.4 Å². The van der Waals surface area contributed by atoms with Gasteiger partial charge < -0.3 is 9.80 Å². The van der Waals surface area contributed by atoms with Crippen LogP contribution >= 0.6 is 23.5 Å². The van der Waals surface area contributed by atoms with Gasteiger partial charge in [-0.2, -0.15) is 0 Å². The Morgan fingerprint density at radius 1 is 0.323 bits per heavy atom. The van der Waals surface area contributed by atoms with Crippen LogP contribution in [-0.2, 0) is 0 Å². The summed E-state index contributed by atoms with van der Waals surface area (Å²) in [4.78, 5) is 26.2. The molecule has 12 rings (SSSR count). The molecule has 2 aliphatic rings. The van der Waals surface area contributed by atoms with Crippen molar-refractivity contribution in [2.75, 3.05) is 9.80 Å². The number of hydrogen-bond acceptors (Lipinski definition) is 7. The maximum Gasteiger partial charge on any atom is 0.116 e. The van der Waals surface area contributed by atoms with E-state index in [-0.39, 0.29) is 0 Å². The minimum atomic E-state index is 0.739. The lowest BCUT2D eigenvalue weighted by atomic mass is 9.99. The second-order valence-corrected chi connectivity index (χ2v) is 17.4. The number of hydrogen-bond donors (Lipinski definition) is 0. The summed E-state index contributed by atoms with van der Waals surface area (Å²) in [7, 11) is 0. The molecule has 0 spiro atoms. The van der Waals surface area contributed by atoms with E-state index in [0.29, 0.717) is 0 Å². The minimum absolute atomic E-state index is 0.739. The Bertz CT molecular complexity index is 3020. The summed E-state index contributed by atoms with van der Waals surface area (Å²) in [5.74, 6) is 0. The number of benzene rings is 8. The van der Waals surface area contributed by atoms with Crippen molar-refractivity contribution in [2.45, 2.75) is 19.6 Å². The van der Waals surface area contributed by atoms with Crippen LogP contribution in [0.3, 0.4) is 0 Å². The van der Waals surface area contributed by atoms with Crippen LogP contribution < -0.4 is 9.80 Å². The van der Waals surface area contributed by atoms with E-state index in [2.05, 4.69) is 204 Å². The van der Waals surface area contributed by atoms with Crippen molar-refractivity contribution in [2.24, 2.45) is 0 Å². The predicted molar refractivity (Wildman–Crippen MR) is 257 cm³/mol. The maximum absolute atomic E-state index is 5.64. The standard InChI is InChI=1S/C55H35N5S2/c1-3-17-36(18-4-1)52-53(37-19-5-2-6-20-37)58-55-51(39-22-16-24-41(34-39)60-45-27-9-13-31-49(45)62-50-32-14-10-28-46(50)60)56-35-42(54(55)57-52)38-21-15-23-40(33-38)59-43-25-7-11-29-47(43)61-48-30-12-8-26-44(48)59/h1-35H. The van der Waals surface area contributed by atoms with Crippen molar-refractivity contribution in [3.05, 3.63) is 212 Å². The van der Waals surface area contributed by atoms with Gasteiger partial charge in [-0.3, -0.25) is 4.98 Å². The second kappa shape index (κ2) is 15.2. The van der Waals surface area contributed by atoms with Gasteiger partial charge in [0.05, 0.1) is 39.8 Å². The summed E-state index contributed by atoms with van der Waals surface area (Å²) in [6.07, 6.45) is 1.99. The van der Waals surface area contributed by atoms with Gasteiger partial charge in [-0.1, -0.05) is 157 Å². The fourth-order valence-corrected chi connectivity index (χ4v) is 10.7. The molecule has 5 nitrogen and oxygen atoms in total. The van der Waals surface area contributed by atoms with Gasteiger partial charge in [-0.25, -0.2) is 9.97 Å². The van der Waals surface area contributed by atoms with Gasteiger partial charge in [0.15, 0.2) is 0 Å². The molecule has 0 radical (unpaired) electrons. The zero-order valence-electron chi connectivity index (χ0n) is 33.3. The SMILES string of the molecule is c1ccc(-c2nc3c(-c4cccc(N5c6ccccc6Sc6ccccc65)c4)cnc(-c4cccc(N5c6ccccc6Sc6ccccc65)c4)c3nc2-c2ccccc2)cc1. The third-order valence-electron chi connectivity index (χ3n) is 11.5.